The summed E-state index contributed by atoms with van der Waals surface area (Å²) in [6, 6.07) is 17.8. The van der Waals surface area contributed by atoms with Gasteiger partial charge in [0.05, 0.1) is 25.4 Å². The standard InChI is InChI=1S/C32H32N2O4/c1-3-37-28-17-14-21-9-4-7-12-24(21)30(28)32(35)34-20-26(25-13-8-18-33-31(25)34)22-15-16-27(36-2)29(19-22)38-23-10-5-6-11-23/h4,7-9,12,14-20,23,25H,3,5-6,10-11,13H2,1-2H3. The lowest BCUT2D eigenvalue weighted by atomic mass is 9.90. The van der Waals surface area contributed by atoms with Gasteiger partial charge in [0.15, 0.2) is 11.5 Å². The first-order valence-electron chi connectivity index (χ1n) is 13.5. The number of benzene rings is 3. The fraction of sp³-hybridized carbons (Fsp3) is 0.312. The lowest BCUT2D eigenvalue weighted by Gasteiger charge is -2.23. The van der Waals surface area contributed by atoms with E-state index in [1.165, 1.54) is 12.8 Å². The zero-order valence-corrected chi connectivity index (χ0v) is 21.9. The quantitative estimate of drug-likeness (QED) is 0.345. The fourth-order valence-corrected chi connectivity index (χ4v) is 5.75. The molecule has 0 saturated heterocycles. The Balaban J connectivity index is 1.42. The second kappa shape index (κ2) is 10.4. The predicted molar refractivity (Wildman–Crippen MR) is 150 cm³/mol. The highest BCUT2D eigenvalue weighted by Crippen LogP contribution is 2.42. The third-order valence-corrected chi connectivity index (χ3v) is 7.60. The number of carbonyl (C=O) groups excluding carboxylic acids is 1. The van der Waals surface area contributed by atoms with E-state index in [9.17, 15) is 4.79 Å². The van der Waals surface area contributed by atoms with Gasteiger partial charge < -0.3 is 14.2 Å². The Morgan fingerprint density at radius 2 is 1.84 bits per heavy atom. The first-order chi connectivity index (χ1) is 18.7. The van der Waals surface area contributed by atoms with Gasteiger partial charge in [0, 0.05) is 18.3 Å². The van der Waals surface area contributed by atoms with Crippen molar-refractivity contribution in [3.8, 4) is 17.2 Å². The second-order valence-corrected chi connectivity index (χ2v) is 9.90. The summed E-state index contributed by atoms with van der Waals surface area (Å²) >= 11 is 0. The molecule has 1 unspecified atom stereocenters. The van der Waals surface area contributed by atoms with Crippen LogP contribution in [0.5, 0.6) is 17.2 Å². The molecule has 0 bridgehead atoms. The van der Waals surface area contributed by atoms with Crippen LogP contribution in [0.15, 0.2) is 78.1 Å². The number of hydrogen-bond donors (Lipinski definition) is 0. The Morgan fingerprint density at radius 1 is 1.03 bits per heavy atom. The number of ether oxygens (including phenoxy) is 3. The van der Waals surface area contributed by atoms with Gasteiger partial charge in [-0.25, -0.2) is 4.99 Å². The van der Waals surface area contributed by atoms with Crippen molar-refractivity contribution in [2.75, 3.05) is 13.7 Å². The van der Waals surface area contributed by atoms with Gasteiger partial charge in [0.1, 0.15) is 11.6 Å². The zero-order chi connectivity index (χ0) is 26.1. The van der Waals surface area contributed by atoms with Crippen LogP contribution in [0.1, 0.15) is 54.9 Å². The minimum Gasteiger partial charge on any atom is -0.493 e. The fourth-order valence-electron chi connectivity index (χ4n) is 5.75. The molecule has 2 heterocycles. The number of nitrogens with zero attached hydrogens (tertiary/aromatic N) is 2. The summed E-state index contributed by atoms with van der Waals surface area (Å²) in [6.45, 7) is 2.40. The Labute approximate surface area is 223 Å². The number of hydrogen-bond acceptors (Lipinski definition) is 5. The Bertz CT molecular complexity index is 1470. The van der Waals surface area contributed by atoms with Crippen molar-refractivity contribution in [1.82, 2.24) is 4.90 Å². The molecule has 1 fully saturated rings. The third-order valence-electron chi connectivity index (χ3n) is 7.60. The molecular formula is C32H32N2O4. The summed E-state index contributed by atoms with van der Waals surface area (Å²) < 4.78 is 17.9. The molecule has 3 aromatic rings. The molecule has 3 aliphatic rings. The van der Waals surface area contributed by atoms with Crippen molar-refractivity contribution in [2.24, 2.45) is 10.9 Å². The van der Waals surface area contributed by atoms with Crippen LogP contribution in [0.4, 0.5) is 0 Å². The minimum atomic E-state index is -0.143. The van der Waals surface area contributed by atoms with Gasteiger partial charge in [-0.3, -0.25) is 9.69 Å². The van der Waals surface area contributed by atoms with E-state index in [1.807, 2.05) is 61.7 Å². The summed E-state index contributed by atoms with van der Waals surface area (Å²) in [7, 11) is 1.67. The van der Waals surface area contributed by atoms with Crippen LogP contribution in [0.3, 0.4) is 0 Å². The SMILES string of the molecule is CCOc1ccc2ccccc2c1C(=O)N1C=C(c2ccc(OC)c(OC3CCCC3)c2)C2CC=CN=C21. The maximum Gasteiger partial charge on any atom is 0.267 e. The molecule has 194 valence electrons. The van der Waals surface area contributed by atoms with E-state index >= 15 is 0 Å². The number of methoxy groups -OCH3 is 1. The normalized spacial score (nSPS) is 18.8. The number of amides is 1. The van der Waals surface area contributed by atoms with Crippen LogP contribution in [-0.2, 0) is 0 Å². The predicted octanol–water partition coefficient (Wildman–Crippen LogP) is 7.00. The molecule has 1 aliphatic carbocycles. The van der Waals surface area contributed by atoms with Crippen molar-refractivity contribution in [3.05, 3.63) is 84.2 Å². The van der Waals surface area contributed by atoms with E-state index in [1.54, 1.807) is 18.2 Å². The maximum atomic E-state index is 14.2. The second-order valence-electron chi connectivity index (χ2n) is 9.90. The van der Waals surface area contributed by atoms with Crippen molar-refractivity contribution in [3.63, 3.8) is 0 Å². The highest BCUT2D eigenvalue weighted by molar-refractivity contribution is 6.19. The van der Waals surface area contributed by atoms with Crippen molar-refractivity contribution < 1.29 is 19.0 Å². The van der Waals surface area contributed by atoms with Crippen LogP contribution < -0.4 is 14.2 Å². The number of amidine groups is 1. The lowest BCUT2D eigenvalue weighted by molar-refractivity contribution is 0.0886. The molecule has 6 rings (SSSR count). The first-order valence-corrected chi connectivity index (χ1v) is 13.5. The molecule has 6 heteroatoms. The van der Waals surface area contributed by atoms with Gasteiger partial charge in [0.25, 0.3) is 5.91 Å². The number of rotatable bonds is 7. The van der Waals surface area contributed by atoms with Crippen LogP contribution in [0.25, 0.3) is 16.3 Å². The van der Waals surface area contributed by atoms with Gasteiger partial charge in [-0.15, -0.1) is 0 Å². The van der Waals surface area contributed by atoms with E-state index in [0.717, 1.165) is 58.5 Å². The monoisotopic (exact) mass is 508 g/mol. The topological polar surface area (TPSA) is 60.4 Å². The molecule has 2 aliphatic heterocycles. The van der Waals surface area contributed by atoms with E-state index in [2.05, 4.69) is 17.1 Å². The van der Waals surface area contributed by atoms with Gasteiger partial charge in [-0.05, 0) is 79.1 Å². The summed E-state index contributed by atoms with van der Waals surface area (Å²) in [4.78, 5) is 20.6. The first kappa shape index (κ1) is 24.3. The van der Waals surface area contributed by atoms with Crippen LogP contribution in [-0.4, -0.2) is 36.5 Å². The van der Waals surface area contributed by atoms with Gasteiger partial charge >= 0.3 is 0 Å². The smallest absolute Gasteiger partial charge is 0.267 e. The molecule has 1 amide bonds. The third kappa shape index (κ3) is 4.34. The zero-order valence-electron chi connectivity index (χ0n) is 21.9. The van der Waals surface area contributed by atoms with E-state index in [4.69, 9.17) is 14.2 Å². The Morgan fingerprint density at radius 3 is 2.66 bits per heavy atom. The molecule has 0 spiro atoms. The van der Waals surface area contributed by atoms with Crippen molar-refractivity contribution >= 4 is 28.1 Å². The molecular weight excluding hydrogens is 476 g/mol. The maximum absolute atomic E-state index is 14.2. The molecule has 0 aromatic heterocycles. The summed E-state index contributed by atoms with van der Waals surface area (Å²) in [6.07, 6.45) is 11.3. The van der Waals surface area contributed by atoms with Gasteiger partial charge in [-0.1, -0.05) is 42.5 Å². The Kier molecular flexibility index (Phi) is 6.62. The van der Waals surface area contributed by atoms with Crippen molar-refractivity contribution in [1.29, 1.82) is 0 Å². The minimum absolute atomic E-state index is 0.0257. The number of allylic oxidation sites excluding steroid dienone is 1. The molecule has 1 atom stereocenters. The molecule has 0 radical (unpaired) electrons. The Hall–Kier alpha value is -4.06. The van der Waals surface area contributed by atoms with Gasteiger partial charge in [0.2, 0.25) is 0 Å². The van der Waals surface area contributed by atoms with Crippen molar-refractivity contribution in [2.45, 2.75) is 45.1 Å². The molecule has 6 nitrogen and oxygen atoms in total. The van der Waals surface area contributed by atoms with E-state index in [-0.39, 0.29) is 17.9 Å². The average Bonchev–Trinajstić information content (AvgIpc) is 3.61. The number of carbonyl (C=O) groups is 1. The molecule has 3 aromatic carbocycles. The summed E-state index contributed by atoms with van der Waals surface area (Å²) in [5.74, 6) is 2.62. The average molecular weight is 509 g/mol. The van der Waals surface area contributed by atoms with E-state index in [0.29, 0.717) is 17.9 Å². The number of aliphatic imine (C=N–C) groups is 1. The lowest BCUT2D eigenvalue weighted by Crippen LogP contribution is -2.33. The number of fused-ring (bicyclic) bond motifs is 2. The van der Waals surface area contributed by atoms with Crippen LogP contribution >= 0.6 is 0 Å². The summed E-state index contributed by atoms with van der Waals surface area (Å²) in [5, 5.41) is 1.86. The van der Waals surface area contributed by atoms with Crippen LogP contribution in [0, 0.1) is 5.92 Å². The van der Waals surface area contributed by atoms with Gasteiger partial charge in [-0.2, -0.15) is 0 Å². The largest absolute Gasteiger partial charge is 0.493 e. The van der Waals surface area contributed by atoms with Crippen LogP contribution in [0.2, 0.25) is 0 Å². The van der Waals surface area contributed by atoms with E-state index < -0.39 is 0 Å². The highest BCUT2D eigenvalue weighted by atomic mass is 16.5. The molecule has 38 heavy (non-hydrogen) atoms. The molecule has 0 N–H and O–H groups in total. The summed E-state index contributed by atoms with van der Waals surface area (Å²) in [5.41, 5.74) is 2.60. The highest BCUT2D eigenvalue weighted by Gasteiger charge is 2.38. The molecule has 1 saturated carbocycles.